The predicted molar refractivity (Wildman–Crippen MR) is 62.0 cm³/mol. The first kappa shape index (κ1) is 12.5. The van der Waals surface area contributed by atoms with Crippen LogP contribution in [0.15, 0.2) is 29.2 Å². The standard InChI is InChI=1S/C12H15FO3S/c13-11-6-1-2-7-12(11)17(14,15)9-10-5-3-4-8-16-10/h1-2,6-7,10H,3-5,8-9H2. The number of benzene rings is 1. The van der Waals surface area contributed by atoms with Gasteiger partial charge >= 0.3 is 0 Å². The molecule has 3 nitrogen and oxygen atoms in total. The molecule has 1 saturated heterocycles. The van der Waals surface area contributed by atoms with Crippen LogP contribution < -0.4 is 0 Å². The molecule has 2 rings (SSSR count). The average molecular weight is 258 g/mol. The first-order valence-corrected chi connectivity index (χ1v) is 7.34. The van der Waals surface area contributed by atoms with Gasteiger partial charge in [0.2, 0.25) is 0 Å². The summed E-state index contributed by atoms with van der Waals surface area (Å²) in [4.78, 5) is -0.228. The minimum Gasteiger partial charge on any atom is -0.377 e. The van der Waals surface area contributed by atoms with Gasteiger partial charge in [0, 0.05) is 6.61 Å². The zero-order valence-electron chi connectivity index (χ0n) is 9.43. The lowest BCUT2D eigenvalue weighted by Crippen LogP contribution is -2.28. The lowest BCUT2D eigenvalue weighted by Gasteiger charge is -2.22. The molecule has 0 amide bonds. The number of sulfone groups is 1. The highest BCUT2D eigenvalue weighted by Crippen LogP contribution is 2.20. The second-order valence-electron chi connectivity index (χ2n) is 4.20. The van der Waals surface area contributed by atoms with Gasteiger partial charge in [-0.1, -0.05) is 12.1 Å². The summed E-state index contributed by atoms with van der Waals surface area (Å²) in [6, 6.07) is 5.46. The number of rotatable bonds is 3. The van der Waals surface area contributed by atoms with E-state index in [2.05, 4.69) is 0 Å². The summed E-state index contributed by atoms with van der Waals surface area (Å²) < 4.78 is 42.8. The van der Waals surface area contributed by atoms with Crippen molar-refractivity contribution in [2.75, 3.05) is 12.4 Å². The van der Waals surface area contributed by atoms with Gasteiger partial charge in [-0.05, 0) is 31.4 Å². The Morgan fingerprint density at radius 1 is 1.29 bits per heavy atom. The first-order chi connectivity index (χ1) is 8.09. The second kappa shape index (κ2) is 5.14. The van der Waals surface area contributed by atoms with E-state index in [1.807, 2.05) is 0 Å². The van der Waals surface area contributed by atoms with Crippen molar-refractivity contribution in [3.8, 4) is 0 Å². The van der Waals surface area contributed by atoms with Gasteiger partial charge < -0.3 is 4.74 Å². The third-order valence-electron chi connectivity index (χ3n) is 2.85. The Kier molecular flexibility index (Phi) is 3.79. The van der Waals surface area contributed by atoms with E-state index in [9.17, 15) is 12.8 Å². The largest absolute Gasteiger partial charge is 0.377 e. The van der Waals surface area contributed by atoms with Gasteiger partial charge in [-0.2, -0.15) is 0 Å². The molecule has 0 aromatic heterocycles. The van der Waals surface area contributed by atoms with E-state index in [-0.39, 0.29) is 16.8 Å². The van der Waals surface area contributed by atoms with Crippen LogP contribution in [0.4, 0.5) is 4.39 Å². The summed E-state index contributed by atoms with van der Waals surface area (Å²) in [5.41, 5.74) is 0. The summed E-state index contributed by atoms with van der Waals surface area (Å²) in [7, 11) is -3.59. The van der Waals surface area contributed by atoms with Crippen molar-refractivity contribution in [3.63, 3.8) is 0 Å². The third-order valence-corrected chi connectivity index (χ3v) is 4.66. The van der Waals surface area contributed by atoms with E-state index >= 15 is 0 Å². The molecule has 1 unspecified atom stereocenters. The molecular formula is C12H15FO3S. The normalized spacial score (nSPS) is 21.4. The van der Waals surface area contributed by atoms with Gasteiger partial charge in [0.1, 0.15) is 10.7 Å². The molecule has 94 valence electrons. The van der Waals surface area contributed by atoms with Crippen LogP contribution in [0.25, 0.3) is 0 Å². The highest BCUT2D eigenvalue weighted by Gasteiger charge is 2.25. The molecule has 17 heavy (non-hydrogen) atoms. The Hall–Kier alpha value is -0.940. The van der Waals surface area contributed by atoms with Crippen molar-refractivity contribution in [3.05, 3.63) is 30.1 Å². The Morgan fingerprint density at radius 2 is 2.06 bits per heavy atom. The van der Waals surface area contributed by atoms with Crippen LogP contribution in [0.1, 0.15) is 19.3 Å². The fraction of sp³-hybridized carbons (Fsp3) is 0.500. The van der Waals surface area contributed by atoms with Gasteiger partial charge in [0.05, 0.1) is 11.9 Å². The van der Waals surface area contributed by atoms with Crippen LogP contribution in [0, 0.1) is 5.82 Å². The van der Waals surface area contributed by atoms with Crippen molar-refractivity contribution in [1.29, 1.82) is 0 Å². The summed E-state index contributed by atoms with van der Waals surface area (Å²) in [5, 5.41) is 0. The van der Waals surface area contributed by atoms with Crippen molar-refractivity contribution in [2.24, 2.45) is 0 Å². The average Bonchev–Trinajstić information content (AvgIpc) is 2.30. The second-order valence-corrected chi connectivity index (χ2v) is 6.20. The zero-order valence-corrected chi connectivity index (χ0v) is 10.2. The summed E-state index contributed by atoms with van der Waals surface area (Å²) in [6.07, 6.45) is 2.37. The Balaban J connectivity index is 2.16. The molecular weight excluding hydrogens is 243 g/mol. The molecule has 1 heterocycles. The van der Waals surface area contributed by atoms with Crippen molar-refractivity contribution in [1.82, 2.24) is 0 Å². The van der Waals surface area contributed by atoms with E-state index in [0.717, 1.165) is 25.3 Å². The van der Waals surface area contributed by atoms with E-state index in [4.69, 9.17) is 4.74 Å². The van der Waals surface area contributed by atoms with Gasteiger partial charge in [0.25, 0.3) is 0 Å². The lowest BCUT2D eigenvalue weighted by atomic mass is 10.1. The van der Waals surface area contributed by atoms with E-state index in [1.165, 1.54) is 18.2 Å². The maximum Gasteiger partial charge on any atom is 0.183 e. The molecule has 1 aliphatic heterocycles. The van der Waals surface area contributed by atoms with Crippen molar-refractivity contribution in [2.45, 2.75) is 30.3 Å². The number of ether oxygens (including phenoxy) is 1. The van der Waals surface area contributed by atoms with E-state index in [1.54, 1.807) is 0 Å². The number of halogens is 1. The van der Waals surface area contributed by atoms with E-state index < -0.39 is 15.7 Å². The van der Waals surface area contributed by atoms with Crippen LogP contribution >= 0.6 is 0 Å². The molecule has 0 spiro atoms. The van der Waals surface area contributed by atoms with Crippen LogP contribution in [-0.2, 0) is 14.6 Å². The highest BCUT2D eigenvalue weighted by molar-refractivity contribution is 7.91. The summed E-state index contributed by atoms with van der Waals surface area (Å²) >= 11 is 0. The molecule has 0 bridgehead atoms. The Labute approximate surface area is 101 Å². The minimum atomic E-state index is -3.59. The lowest BCUT2D eigenvalue weighted by molar-refractivity contribution is 0.0305. The Bertz CT molecular complexity index is 478. The molecule has 1 fully saturated rings. The first-order valence-electron chi connectivity index (χ1n) is 5.68. The SMILES string of the molecule is O=S(=O)(CC1CCCCO1)c1ccccc1F. The molecule has 1 atom stereocenters. The summed E-state index contributed by atoms with van der Waals surface area (Å²) in [6.45, 7) is 0.595. The van der Waals surface area contributed by atoms with E-state index in [0.29, 0.717) is 6.61 Å². The number of hydrogen-bond acceptors (Lipinski definition) is 3. The summed E-state index contributed by atoms with van der Waals surface area (Å²) in [5.74, 6) is -0.822. The monoisotopic (exact) mass is 258 g/mol. The van der Waals surface area contributed by atoms with Gasteiger partial charge in [0.15, 0.2) is 9.84 Å². The highest BCUT2D eigenvalue weighted by atomic mass is 32.2. The quantitative estimate of drug-likeness (QED) is 0.834. The van der Waals surface area contributed by atoms with Crippen LogP contribution in [0.2, 0.25) is 0 Å². The maximum absolute atomic E-state index is 13.4. The molecule has 0 N–H and O–H groups in total. The topological polar surface area (TPSA) is 43.4 Å². The van der Waals surface area contributed by atoms with Gasteiger partial charge in [-0.3, -0.25) is 0 Å². The molecule has 0 aliphatic carbocycles. The molecule has 0 radical (unpaired) electrons. The molecule has 0 saturated carbocycles. The predicted octanol–water partition coefficient (Wildman–Crippen LogP) is 2.17. The van der Waals surface area contributed by atoms with Gasteiger partial charge in [-0.25, -0.2) is 12.8 Å². The Morgan fingerprint density at radius 3 is 2.71 bits per heavy atom. The maximum atomic E-state index is 13.4. The molecule has 1 aromatic carbocycles. The molecule has 5 heteroatoms. The minimum absolute atomic E-state index is 0.131. The molecule has 1 aliphatic rings. The fourth-order valence-electron chi connectivity index (χ4n) is 1.97. The van der Waals surface area contributed by atoms with Crippen LogP contribution in [0.3, 0.4) is 0 Å². The third kappa shape index (κ3) is 3.04. The van der Waals surface area contributed by atoms with Crippen molar-refractivity contribution < 1.29 is 17.5 Å². The zero-order chi connectivity index (χ0) is 12.3. The molecule has 1 aromatic rings. The van der Waals surface area contributed by atoms with Crippen LogP contribution in [-0.4, -0.2) is 26.9 Å². The van der Waals surface area contributed by atoms with Crippen LogP contribution in [0.5, 0.6) is 0 Å². The van der Waals surface area contributed by atoms with Crippen molar-refractivity contribution >= 4 is 9.84 Å². The smallest absolute Gasteiger partial charge is 0.183 e. The van der Waals surface area contributed by atoms with Gasteiger partial charge in [-0.15, -0.1) is 0 Å². The number of hydrogen-bond donors (Lipinski definition) is 0. The fourth-order valence-corrected chi connectivity index (χ4v) is 3.55.